The van der Waals surface area contributed by atoms with Gasteiger partial charge in [0, 0.05) is 5.56 Å². The fourth-order valence-corrected chi connectivity index (χ4v) is 2.17. The van der Waals surface area contributed by atoms with Crippen molar-refractivity contribution in [3.8, 4) is 11.5 Å². The minimum absolute atomic E-state index is 0.0402. The van der Waals surface area contributed by atoms with Crippen molar-refractivity contribution < 1.29 is 19.1 Å². The number of aromatic nitrogens is 1. The molecule has 0 radical (unpaired) electrons. The summed E-state index contributed by atoms with van der Waals surface area (Å²) >= 11 is 3.19. The Bertz CT molecular complexity index is 641. The molecule has 2 rings (SSSR count). The normalized spacial score (nSPS) is 11.5. The predicted molar refractivity (Wildman–Crippen MR) is 80.8 cm³/mol. The smallest absolute Gasteiger partial charge is 0.377 e. The summed E-state index contributed by atoms with van der Waals surface area (Å²) in [5, 5.41) is 9.92. The number of aliphatic hydroxyl groups is 1. The molecule has 0 aliphatic rings. The average Bonchev–Trinajstić information content (AvgIpc) is 2.80. The molecule has 1 aromatic heterocycles. The van der Waals surface area contributed by atoms with E-state index in [9.17, 15) is 9.90 Å². The maximum atomic E-state index is 11.7. The summed E-state index contributed by atoms with van der Waals surface area (Å²) in [6.45, 7) is 5.41. The van der Waals surface area contributed by atoms with Crippen LogP contribution in [0.4, 0.5) is 0 Å². The van der Waals surface area contributed by atoms with Crippen molar-refractivity contribution >= 4 is 21.9 Å². The number of hydrogen-bond donors (Lipinski definition) is 1. The zero-order valence-corrected chi connectivity index (χ0v) is 13.6. The molecule has 0 fully saturated rings. The maximum absolute atomic E-state index is 11.7. The largest absolute Gasteiger partial charge is 0.460 e. The number of halogens is 1. The van der Waals surface area contributed by atoms with E-state index in [0.29, 0.717) is 16.1 Å². The molecule has 0 spiro atoms. The number of hydrogen-bond acceptors (Lipinski definition) is 5. The van der Waals surface area contributed by atoms with Gasteiger partial charge in [0.15, 0.2) is 4.60 Å². The Morgan fingerprint density at radius 3 is 2.52 bits per heavy atom. The van der Waals surface area contributed by atoms with Crippen LogP contribution in [0.5, 0.6) is 0 Å². The molecule has 0 aliphatic heterocycles. The second kappa shape index (κ2) is 5.99. The van der Waals surface area contributed by atoms with Crippen molar-refractivity contribution in [3.05, 3.63) is 40.2 Å². The monoisotopic (exact) mass is 353 g/mol. The topological polar surface area (TPSA) is 72.6 Å². The van der Waals surface area contributed by atoms with Gasteiger partial charge in [-0.05, 0) is 54.4 Å². The van der Waals surface area contributed by atoms with E-state index in [2.05, 4.69) is 20.9 Å². The molecule has 6 heteroatoms. The van der Waals surface area contributed by atoms with Gasteiger partial charge in [0.2, 0.25) is 11.7 Å². The van der Waals surface area contributed by atoms with Gasteiger partial charge in [0.05, 0.1) is 12.2 Å². The molecule has 0 atom stereocenters. The van der Waals surface area contributed by atoms with E-state index in [0.717, 1.165) is 5.56 Å². The van der Waals surface area contributed by atoms with Gasteiger partial charge in [-0.3, -0.25) is 0 Å². The van der Waals surface area contributed by atoms with Crippen LogP contribution in [0.1, 0.15) is 36.9 Å². The molecule has 0 saturated carbocycles. The van der Waals surface area contributed by atoms with Crippen LogP contribution >= 0.6 is 15.9 Å². The first-order chi connectivity index (χ1) is 9.82. The third-order valence-electron chi connectivity index (χ3n) is 2.88. The number of carbonyl (C=O) groups excluding carboxylic acids is 1. The van der Waals surface area contributed by atoms with Crippen molar-refractivity contribution in [1.82, 2.24) is 4.98 Å². The van der Waals surface area contributed by atoms with E-state index in [-0.39, 0.29) is 12.4 Å². The lowest BCUT2D eigenvalue weighted by atomic mass is 9.97. The molecule has 0 unspecified atom stereocenters. The lowest BCUT2D eigenvalue weighted by molar-refractivity contribution is 0.0489. The molecule has 1 heterocycles. The Labute approximate surface area is 131 Å². The van der Waals surface area contributed by atoms with E-state index in [1.807, 2.05) is 0 Å². The SMILES string of the molecule is CCOC(=O)c1oc(-c2ccc(C(C)(C)O)cc2)nc1Br. The number of benzene rings is 1. The van der Waals surface area contributed by atoms with Crippen molar-refractivity contribution in [2.75, 3.05) is 6.61 Å². The van der Waals surface area contributed by atoms with Crippen LogP contribution in [0.3, 0.4) is 0 Å². The summed E-state index contributed by atoms with van der Waals surface area (Å²) in [4.78, 5) is 15.8. The fourth-order valence-electron chi connectivity index (χ4n) is 1.77. The number of oxazole rings is 1. The quantitative estimate of drug-likeness (QED) is 0.851. The second-order valence-electron chi connectivity index (χ2n) is 5.00. The molecule has 1 aromatic carbocycles. The fraction of sp³-hybridized carbons (Fsp3) is 0.333. The summed E-state index contributed by atoms with van der Waals surface area (Å²) in [5.41, 5.74) is 0.577. The number of carbonyl (C=O) groups is 1. The summed E-state index contributed by atoms with van der Waals surface area (Å²) in [6, 6.07) is 7.13. The Hall–Kier alpha value is -1.66. The van der Waals surface area contributed by atoms with E-state index >= 15 is 0 Å². The number of esters is 1. The third kappa shape index (κ3) is 3.51. The van der Waals surface area contributed by atoms with Gasteiger partial charge in [0.25, 0.3) is 0 Å². The minimum atomic E-state index is -0.911. The first-order valence-corrected chi connectivity index (χ1v) is 7.29. The van der Waals surface area contributed by atoms with Crippen LogP contribution in [0.25, 0.3) is 11.5 Å². The molecule has 0 saturated heterocycles. The molecular weight excluding hydrogens is 338 g/mol. The molecule has 1 N–H and O–H groups in total. The van der Waals surface area contributed by atoms with Gasteiger partial charge >= 0.3 is 5.97 Å². The minimum Gasteiger partial charge on any atom is -0.460 e. The third-order valence-corrected chi connectivity index (χ3v) is 3.42. The van der Waals surface area contributed by atoms with Crippen molar-refractivity contribution in [2.45, 2.75) is 26.4 Å². The molecule has 0 aliphatic carbocycles. The van der Waals surface area contributed by atoms with E-state index in [4.69, 9.17) is 9.15 Å². The molecule has 2 aromatic rings. The van der Waals surface area contributed by atoms with E-state index in [1.165, 1.54) is 0 Å². The first kappa shape index (κ1) is 15.7. The Balaban J connectivity index is 2.31. The van der Waals surface area contributed by atoms with E-state index < -0.39 is 11.6 Å². The van der Waals surface area contributed by atoms with Gasteiger partial charge in [-0.1, -0.05) is 12.1 Å². The lowest BCUT2D eigenvalue weighted by Crippen LogP contribution is -2.14. The molecule has 0 bridgehead atoms. The van der Waals surface area contributed by atoms with Crippen molar-refractivity contribution in [2.24, 2.45) is 0 Å². The molecule has 5 nitrogen and oxygen atoms in total. The van der Waals surface area contributed by atoms with Crippen LogP contribution in [0, 0.1) is 0 Å². The van der Waals surface area contributed by atoms with Crippen LogP contribution in [-0.4, -0.2) is 22.7 Å². The summed E-state index contributed by atoms with van der Waals surface area (Å²) < 4.78 is 10.6. The second-order valence-corrected chi connectivity index (χ2v) is 5.75. The summed E-state index contributed by atoms with van der Waals surface area (Å²) in [5.74, 6) is -0.207. The van der Waals surface area contributed by atoms with Crippen LogP contribution < -0.4 is 0 Å². The van der Waals surface area contributed by atoms with Gasteiger partial charge < -0.3 is 14.3 Å². The van der Waals surface area contributed by atoms with Gasteiger partial charge in [0.1, 0.15) is 0 Å². The van der Waals surface area contributed by atoms with Crippen molar-refractivity contribution in [1.29, 1.82) is 0 Å². The molecule has 21 heavy (non-hydrogen) atoms. The highest BCUT2D eigenvalue weighted by Crippen LogP contribution is 2.28. The average molecular weight is 354 g/mol. The number of nitrogens with zero attached hydrogens (tertiary/aromatic N) is 1. The molecule has 0 amide bonds. The first-order valence-electron chi connectivity index (χ1n) is 6.49. The van der Waals surface area contributed by atoms with Gasteiger partial charge in [-0.25, -0.2) is 9.78 Å². The number of rotatable bonds is 4. The Morgan fingerprint density at radius 2 is 2.00 bits per heavy atom. The molecule has 112 valence electrons. The highest BCUT2D eigenvalue weighted by atomic mass is 79.9. The summed E-state index contributed by atoms with van der Waals surface area (Å²) in [6.07, 6.45) is 0. The van der Waals surface area contributed by atoms with Crippen LogP contribution in [0.2, 0.25) is 0 Å². The maximum Gasteiger partial charge on any atom is 0.377 e. The van der Waals surface area contributed by atoms with Gasteiger partial charge in [-0.2, -0.15) is 0 Å². The van der Waals surface area contributed by atoms with Crippen LogP contribution in [-0.2, 0) is 10.3 Å². The highest BCUT2D eigenvalue weighted by molar-refractivity contribution is 9.10. The Morgan fingerprint density at radius 1 is 1.38 bits per heavy atom. The van der Waals surface area contributed by atoms with Crippen molar-refractivity contribution in [3.63, 3.8) is 0 Å². The zero-order chi connectivity index (χ0) is 15.6. The lowest BCUT2D eigenvalue weighted by Gasteiger charge is -2.17. The number of ether oxygens (including phenoxy) is 1. The molecular formula is C15H16BrNO4. The highest BCUT2D eigenvalue weighted by Gasteiger charge is 2.21. The summed E-state index contributed by atoms with van der Waals surface area (Å²) in [7, 11) is 0. The van der Waals surface area contributed by atoms with E-state index in [1.54, 1.807) is 45.0 Å². The Kier molecular flexibility index (Phi) is 4.49. The standard InChI is InChI=1S/C15H16BrNO4/c1-4-20-14(18)11-12(16)17-13(21-11)9-5-7-10(8-6-9)15(2,3)19/h5-8,19H,4H2,1-3H3. The predicted octanol–water partition coefficient (Wildman–Crippen LogP) is 3.51. The van der Waals surface area contributed by atoms with Crippen LogP contribution in [0.15, 0.2) is 33.3 Å². The zero-order valence-electron chi connectivity index (χ0n) is 12.0. The van der Waals surface area contributed by atoms with Gasteiger partial charge in [-0.15, -0.1) is 0 Å².